The quantitative estimate of drug-likeness (QED) is 0.166. The van der Waals surface area contributed by atoms with Crippen molar-refractivity contribution in [3.8, 4) is 22.5 Å². The Morgan fingerprint density at radius 1 is 0.654 bits per heavy atom. The van der Waals surface area contributed by atoms with Crippen molar-refractivity contribution in [3.05, 3.63) is 151 Å². The first kappa shape index (κ1) is 32.5. The van der Waals surface area contributed by atoms with Crippen LogP contribution >= 0.6 is 0 Å². The Bertz CT molecular complexity index is 2810. The van der Waals surface area contributed by atoms with Gasteiger partial charge in [0, 0.05) is 65.6 Å². The minimum Gasteiger partial charge on any atom is -0.456 e. The zero-order valence-corrected chi connectivity index (χ0v) is 31.2. The summed E-state index contributed by atoms with van der Waals surface area (Å²) in [6.45, 7) is 2.12. The zero-order chi connectivity index (χ0) is 33.9. The van der Waals surface area contributed by atoms with Crippen LogP contribution in [0, 0.1) is 25.0 Å². The second-order valence-corrected chi connectivity index (χ2v) is 14.0. The minimum absolute atomic E-state index is 0. The molecule has 1 aliphatic rings. The van der Waals surface area contributed by atoms with Crippen LogP contribution in [0.2, 0.25) is 0 Å². The fourth-order valence-corrected chi connectivity index (χ4v) is 8.33. The van der Waals surface area contributed by atoms with Crippen LogP contribution < -0.4 is 0 Å². The summed E-state index contributed by atoms with van der Waals surface area (Å²) in [5.74, 6) is 0.796. The molecule has 4 nitrogen and oxygen atoms in total. The smallest absolute Gasteiger partial charge is 0.137 e. The van der Waals surface area contributed by atoms with E-state index >= 15 is 0 Å². The molecule has 0 saturated heterocycles. The van der Waals surface area contributed by atoms with E-state index in [0.29, 0.717) is 0 Å². The molecular formula is C47H35IrN3O-2. The molecule has 1 aliphatic carbocycles. The summed E-state index contributed by atoms with van der Waals surface area (Å²) >= 11 is 0. The molecule has 5 aromatic carbocycles. The van der Waals surface area contributed by atoms with Crippen LogP contribution in [-0.2, 0) is 26.5 Å². The van der Waals surface area contributed by atoms with Gasteiger partial charge < -0.3 is 18.8 Å². The molecule has 1 saturated carbocycles. The average Bonchev–Trinajstić information content (AvgIpc) is 3.96. The Balaban J connectivity index is 0.000000236. The first-order valence-electron chi connectivity index (χ1n) is 18.0. The Morgan fingerprint density at radius 3 is 2.23 bits per heavy atom. The largest absolute Gasteiger partial charge is 0.456 e. The maximum atomic E-state index is 6.33. The summed E-state index contributed by atoms with van der Waals surface area (Å²) in [5, 5.41) is 7.61. The standard InChI is InChI=1S/C36H27N2O.C11H8N.Ir/c1-21-12-13-37-31(14-21)24-10-11-32-26(18-24)29-16-23(15-22-6-2-3-7-22)17-30-27-19-28-25-8-4-5-9-34(25)39-35(28)20-33(27)38(32)36(29)30;1-2-6-10(7-3-1)11-8-4-5-9-12-11;/h4-5,8-9,11-14,16-20,22H,2-3,6-7,15H2,1H3;1-6,8-9H;/q2*-1;. The number of benzene rings is 5. The number of hydrogen-bond acceptors (Lipinski definition) is 3. The number of para-hydroxylation sites is 1. The first-order valence-corrected chi connectivity index (χ1v) is 18.0. The molecule has 11 rings (SSSR count). The summed E-state index contributed by atoms with van der Waals surface area (Å²) in [4.78, 5) is 8.88. The van der Waals surface area contributed by atoms with E-state index in [1.54, 1.807) is 6.20 Å². The van der Waals surface area contributed by atoms with E-state index in [1.165, 1.54) is 85.7 Å². The van der Waals surface area contributed by atoms with E-state index in [0.717, 1.165) is 46.0 Å². The van der Waals surface area contributed by atoms with Gasteiger partial charge in [0.05, 0.1) is 5.52 Å². The molecule has 5 heterocycles. The number of hydrogen-bond donors (Lipinski definition) is 0. The van der Waals surface area contributed by atoms with Gasteiger partial charge in [-0.25, -0.2) is 0 Å². The number of nitrogens with zero attached hydrogens (tertiary/aromatic N) is 3. The van der Waals surface area contributed by atoms with Gasteiger partial charge in [0.15, 0.2) is 0 Å². The van der Waals surface area contributed by atoms with Crippen LogP contribution in [0.25, 0.3) is 82.5 Å². The fourth-order valence-electron chi connectivity index (χ4n) is 8.33. The minimum atomic E-state index is 0. The van der Waals surface area contributed by atoms with Gasteiger partial charge in [0.2, 0.25) is 0 Å². The van der Waals surface area contributed by atoms with Crippen LogP contribution in [-0.4, -0.2) is 14.4 Å². The van der Waals surface area contributed by atoms with E-state index in [2.05, 4.69) is 94.1 Å². The third-order valence-electron chi connectivity index (χ3n) is 10.7. The second kappa shape index (κ2) is 13.3. The molecule has 0 spiro atoms. The monoisotopic (exact) mass is 850 g/mol. The van der Waals surface area contributed by atoms with E-state index in [9.17, 15) is 0 Å². The fraction of sp³-hybridized carbons (Fsp3) is 0.149. The molecule has 0 unspecified atom stereocenters. The molecule has 0 N–H and O–H groups in total. The summed E-state index contributed by atoms with van der Waals surface area (Å²) in [5.41, 5.74) is 12.3. The molecule has 5 aromatic heterocycles. The van der Waals surface area contributed by atoms with Gasteiger partial charge in [-0.2, -0.15) is 0 Å². The summed E-state index contributed by atoms with van der Waals surface area (Å²) in [7, 11) is 0. The number of fused-ring (bicyclic) bond motifs is 9. The molecule has 1 radical (unpaired) electrons. The van der Waals surface area contributed by atoms with Gasteiger partial charge in [0.25, 0.3) is 0 Å². The molecule has 1 fully saturated rings. The van der Waals surface area contributed by atoms with Crippen molar-refractivity contribution in [2.75, 3.05) is 0 Å². The maximum absolute atomic E-state index is 6.33. The molecule has 0 bridgehead atoms. The SMILES string of the molecule is Cc1ccnc(-c2[c-]cc3c(c2)c2cc(CC4CCCC4)cc4c5cc6c(cc5n3c24)oc2ccccc26)c1.[Ir].[c-]1ccccc1-c1ccccn1. The Morgan fingerprint density at radius 2 is 1.44 bits per heavy atom. The summed E-state index contributed by atoms with van der Waals surface area (Å²) < 4.78 is 8.77. The average molecular weight is 850 g/mol. The Kier molecular flexibility index (Phi) is 8.34. The van der Waals surface area contributed by atoms with Crippen LogP contribution in [0.1, 0.15) is 36.8 Å². The number of rotatable bonds is 4. The first-order chi connectivity index (χ1) is 25.2. The second-order valence-electron chi connectivity index (χ2n) is 14.0. The third-order valence-corrected chi connectivity index (χ3v) is 10.7. The van der Waals surface area contributed by atoms with Gasteiger partial charge in [0.1, 0.15) is 11.2 Å². The third kappa shape index (κ3) is 5.56. The van der Waals surface area contributed by atoms with Crippen molar-refractivity contribution < 1.29 is 24.5 Å². The van der Waals surface area contributed by atoms with E-state index in [1.807, 2.05) is 60.8 Å². The number of aryl methyl sites for hydroxylation is 1. The zero-order valence-electron chi connectivity index (χ0n) is 28.8. The molecule has 5 heteroatoms. The maximum Gasteiger partial charge on any atom is 0.137 e. The van der Waals surface area contributed by atoms with Crippen molar-refractivity contribution in [3.63, 3.8) is 0 Å². The van der Waals surface area contributed by atoms with Gasteiger partial charge in [-0.15, -0.1) is 59.7 Å². The van der Waals surface area contributed by atoms with Crippen molar-refractivity contribution in [1.29, 1.82) is 0 Å². The molecule has 52 heavy (non-hydrogen) atoms. The van der Waals surface area contributed by atoms with Crippen LogP contribution in [0.15, 0.2) is 132 Å². The molecular weight excluding hydrogens is 815 g/mol. The van der Waals surface area contributed by atoms with Crippen molar-refractivity contribution in [2.45, 2.75) is 39.0 Å². The van der Waals surface area contributed by atoms with Gasteiger partial charge in [-0.05, 0) is 77.4 Å². The van der Waals surface area contributed by atoms with Crippen LogP contribution in [0.5, 0.6) is 0 Å². The van der Waals surface area contributed by atoms with Crippen LogP contribution in [0.3, 0.4) is 0 Å². The predicted octanol–water partition coefficient (Wildman–Crippen LogP) is 12.2. The molecule has 10 aromatic rings. The van der Waals surface area contributed by atoms with E-state index in [4.69, 9.17) is 4.42 Å². The summed E-state index contributed by atoms with van der Waals surface area (Å²) in [6.07, 6.45) is 10.3. The van der Waals surface area contributed by atoms with Gasteiger partial charge >= 0.3 is 0 Å². The van der Waals surface area contributed by atoms with E-state index < -0.39 is 0 Å². The number of aromatic nitrogens is 3. The van der Waals surface area contributed by atoms with Gasteiger partial charge in [-0.3, -0.25) is 0 Å². The van der Waals surface area contributed by atoms with Crippen molar-refractivity contribution in [2.24, 2.45) is 5.92 Å². The summed E-state index contributed by atoms with van der Waals surface area (Å²) in [6, 6.07) is 47.0. The number of furan rings is 1. The molecule has 0 amide bonds. The molecule has 255 valence electrons. The predicted molar refractivity (Wildman–Crippen MR) is 209 cm³/mol. The Hall–Kier alpha value is -5.35. The van der Waals surface area contributed by atoms with Crippen molar-refractivity contribution in [1.82, 2.24) is 14.4 Å². The van der Waals surface area contributed by atoms with Gasteiger partial charge in [-0.1, -0.05) is 79.1 Å². The van der Waals surface area contributed by atoms with Crippen molar-refractivity contribution >= 4 is 60.0 Å². The molecule has 0 atom stereocenters. The molecule has 0 aliphatic heterocycles. The Labute approximate surface area is 315 Å². The number of pyridine rings is 2. The van der Waals surface area contributed by atoms with Crippen LogP contribution in [0.4, 0.5) is 0 Å². The topological polar surface area (TPSA) is 43.3 Å². The normalized spacial score (nSPS) is 13.4. The van der Waals surface area contributed by atoms with E-state index in [-0.39, 0.29) is 20.1 Å².